The highest BCUT2D eigenvalue weighted by molar-refractivity contribution is 8.26. The summed E-state index contributed by atoms with van der Waals surface area (Å²) in [5, 5.41) is 29.3. The predicted molar refractivity (Wildman–Crippen MR) is 133 cm³/mol. The number of hydrogen-bond donors (Lipinski definition) is 5. The average Bonchev–Trinajstić information content (AvgIpc) is 2.83. The molecular formula is C23H29F2N5O3S2+2. The fraction of sp³-hybridized carbons (Fsp3) is 0.391. The number of carbonyl (C=O) groups is 2. The minimum atomic E-state index is -0.858. The quantitative estimate of drug-likeness (QED) is 0.200. The van der Waals surface area contributed by atoms with Crippen molar-refractivity contribution in [3.8, 4) is 0 Å². The van der Waals surface area contributed by atoms with Crippen molar-refractivity contribution in [3.05, 3.63) is 58.6 Å². The van der Waals surface area contributed by atoms with E-state index >= 15 is 0 Å². The van der Waals surface area contributed by atoms with Crippen molar-refractivity contribution < 1.29 is 34.2 Å². The molecule has 0 radical (unpaired) electrons. The van der Waals surface area contributed by atoms with Gasteiger partial charge in [0, 0.05) is 12.6 Å². The van der Waals surface area contributed by atoms with Gasteiger partial charge in [0.25, 0.3) is 0 Å². The lowest BCUT2D eigenvalue weighted by molar-refractivity contribution is -0.532. The largest absolute Gasteiger partial charge is 0.500 e. The van der Waals surface area contributed by atoms with Gasteiger partial charge in [-0.15, -0.1) is 0 Å². The molecule has 0 saturated carbocycles. The van der Waals surface area contributed by atoms with Crippen LogP contribution in [0.1, 0.15) is 25.3 Å². The fourth-order valence-corrected chi connectivity index (χ4v) is 6.08. The van der Waals surface area contributed by atoms with Gasteiger partial charge < -0.3 is 10.0 Å². The second-order valence-corrected chi connectivity index (χ2v) is 10.5. The van der Waals surface area contributed by atoms with Crippen LogP contribution in [0.25, 0.3) is 0 Å². The number of thioether (sulfide) groups is 2. The summed E-state index contributed by atoms with van der Waals surface area (Å²) >= 11 is 2.54. The number of nitrogens with one attached hydrogen (secondary N) is 2. The number of rotatable bonds is 7. The SMILES string of the molecule is CCN(C(=O)C1=C(O)C(=O)C(C(=N)SC(=[NH2+])Cc2ccc(F)cc2F)=C[NH2+]1)C1(NC)CCSCC1. The van der Waals surface area contributed by atoms with Crippen LogP contribution in [0.2, 0.25) is 0 Å². The van der Waals surface area contributed by atoms with Gasteiger partial charge in [0.15, 0.2) is 0 Å². The lowest BCUT2D eigenvalue weighted by Crippen LogP contribution is -2.82. The Balaban J connectivity index is 1.71. The third-order valence-electron chi connectivity index (χ3n) is 6.08. The van der Waals surface area contributed by atoms with E-state index in [4.69, 9.17) is 10.8 Å². The molecule has 12 heteroatoms. The van der Waals surface area contributed by atoms with Gasteiger partial charge in [0.2, 0.25) is 22.3 Å². The zero-order chi connectivity index (χ0) is 25.8. The van der Waals surface area contributed by atoms with Crippen LogP contribution in [-0.4, -0.2) is 62.5 Å². The highest BCUT2D eigenvalue weighted by atomic mass is 32.2. The van der Waals surface area contributed by atoms with Gasteiger partial charge >= 0.3 is 5.91 Å². The standard InChI is InChI=1S/C23H27F2N5O3S2/c1-3-30(23(28-2)6-8-34-9-7-23)22(33)18-20(32)19(31)15(12-29-18)21(27)35-17(26)10-13-4-5-14(24)11-16(13)25/h4-5,11-12,26-28,32H,3,6-10H2,1-2H3,(H,29,31)/p+2. The second-order valence-electron chi connectivity index (χ2n) is 8.09. The highest BCUT2D eigenvalue weighted by Crippen LogP contribution is 2.31. The molecule has 1 amide bonds. The number of amides is 1. The molecule has 0 spiro atoms. The molecule has 0 aliphatic carbocycles. The summed E-state index contributed by atoms with van der Waals surface area (Å²) in [4.78, 5) is 27.9. The normalized spacial score (nSPS) is 17.7. The molecule has 1 fully saturated rings. The van der Waals surface area contributed by atoms with Crippen molar-refractivity contribution in [2.75, 3.05) is 25.1 Å². The maximum absolute atomic E-state index is 13.9. The molecule has 1 saturated heterocycles. The number of Topliss-reactive ketones (excluding diaryl/α,β-unsaturated/α-hetero) is 1. The van der Waals surface area contributed by atoms with Gasteiger partial charge in [-0.05, 0) is 61.7 Å². The molecule has 0 atom stereocenters. The van der Waals surface area contributed by atoms with Gasteiger partial charge in [-0.25, -0.2) is 8.78 Å². The summed E-state index contributed by atoms with van der Waals surface area (Å²) in [7, 11) is 1.80. The molecule has 188 valence electrons. The highest BCUT2D eigenvalue weighted by Gasteiger charge is 2.43. The third-order valence-corrected chi connectivity index (χ3v) is 7.90. The topological polar surface area (TPSA) is 136 Å². The van der Waals surface area contributed by atoms with Crippen LogP contribution in [0.5, 0.6) is 0 Å². The molecule has 2 heterocycles. The molecule has 8 nitrogen and oxygen atoms in total. The number of halogens is 2. The molecule has 2 aliphatic rings. The van der Waals surface area contributed by atoms with Crippen molar-refractivity contribution in [2.24, 2.45) is 0 Å². The first kappa shape index (κ1) is 27.1. The van der Waals surface area contributed by atoms with Crippen LogP contribution in [0, 0.1) is 17.0 Å². The van der Waals surface area contributed by atoms with Gasteiger partial charge in [0.1, 0.15) is 28.5 Å². The number of aliphatic hydroxyl groups is 1. The van der Waals surface area contributed by atoms with Crippen LogP contribution >= 0.6 is 23.5 Å². The summed E-state index contributed by atoms with van der Waals surface area (Å²) < 4.78 is 27.0. The number of benzene rings is 1. The van der Waals surface area contributed by atoms with Gasteiger partial charge in [0.05, 0.1) is 12.1 Å². The number of allylic oxidation sites excluding steroid dienone is 1. The van der Waals surface area contributed by atoms with Crippen LogP contribution in [-0.2, 0) is 16.0 Å². The zero-order valence-electron chi connectivity index (χ0n) is 19.5. The first-order chi connectivity index (χ1) is 16.6. The number of nitrogens with zero attached hydrogens (tertiary/aromatic N) is 1. The lowest BCUT2D eigenvalue weighted by Gasteiger charge is -2.45. The number of hydrogen-bond acceptors (Lipinski definition) is 7. The molecule has 0 unspecified atom stereocenters. The van der Waals surface area contributed by atoms with Crippen LogP contribution in [0.4, 0.5) is 8.78 Å². The lowest BCUT2D eigenvalue weighted by atomic mass is 9.99. The molecular weight excluding hydrogens is 496 g/mol. The number of likely N-dealkylation sites (N-methyl/N-ethyl adjacent to an activating group) is 1. The number of carbonyl (C=O) groups excluding carboxylic acids is 2. The summed E-state index contributed by atoms with van der Waals surface area (Å²) in [5.74, 6) is -1.75. The zero-order valence-corrected chi connectivity index (χ0v) is 21.1. The Bertz CT molecular complexity index is 1120. The molecule has 1 aromatic rings. The van der Waals surface area contributed by atoms with Gasteiger partial charge in [-0.3, -0.25) is 31.0 Å². The average molecular weight is 526 g/mol. The number of ketones is 1. The fourth-order valence-electron chi connectivity index (χ4n) is 4.15. The van der Waals surface area contributed by atoms with E-state index in [0.717, 1.165) is 48.2 Å². The Kier molecular flexibility index (Phi) is 8.86. The minimum absolute atomic E-state index is 0.0776. The van der Waals surface area contributed by atoms with Crippen molar-refractivity contribution in [3.63, 3.8) is 0 Å². The van der Waals surface area contributed by atoms with E-state index < -0.39 is 34.7 Å². The van der Waals surface area contributed by atoms with E-state index in [1.54, 1.807) is 11.9 Å². The Morgan fingerprint density at radius 2 is 2.06 bits per heavy atom. The number of quaternary nitrogens is 1. The van der Waals surface area contributed by atoms with Crippen molar-refractivity contribution in [1.29, 1.82) is 5.41 Å². The van der Waals surface area contributed by atoms with E-state index in [1.807, 2.05) is 18.7 Å². The molecule has 3 rings (SSSR count). The van der Waals surface area contributed by atoms with Crippen LogP contribution in [0.15, 0.2) is 41.4 Å². The van der Waals surface area contributed by atoms with E-state index in [9.17, 15) is 23.5 Å². The molecule has 0 bridgehead atoms. The Labute approximate surface area is 210 Å². The molecule has 35 heavy (non-hydrogen) atoms. The molecule has 7 N–H and O–H groups in total. The Morgan fingerprint density at radius 3 is 2.66 bits per heavy atom. The monoisotopic (exact) mass is 525 g/mol. The van der Waals surface area contributed by atoms with E-state index in [2.05, 4.69) is 5.32 Å². The van der Waals surface area contributed by atoms with E-state index in [1.165, 1.54) is 17.6 Å². The first-order valence-electron chi connectivity index (χ1n) is 11.1. The summed E-state index contributed by atoms with van der Waals surface area (Å²) in [6.45, 7) is 2.23. The molecule has 2 aliphatic heterocycles. The van der Waals surface area contributed by atoms with Crippen molar-refractivity contribution in [2.45, 2.75) is 31.8 Å². The Morgan fingerprint density at radius 1 is 1.37 bits per heavy atom. The Hall–Kier alpha value is -2.54. The number of aliphatic hydroxyl groups excluding tert-OH is 1. The van der Waals surface area contributed by atoms with Crippen molar-refractivity contribution >= 4 is 45.3 Å². The summed E-state index contributed by atoms with van der Waals surface area (Å²) in [5.41, 5.74) is -0.675. The molecule has 1 aromatic carbocycles. The van der Waals surface area contributed by atoms with E-state index in [-0.39, 0.29) is 33.3 Å². The third kappa shape index (κ3) is 5.83. The minimum Gasteiger partial charge on any atom is -0.500 e. The predicted octanol–water partition coefficient (Wildman–Crippen LogP) is 0.466. The first-order valence-corrected chi connectivity index (χ1v) is 13.0. The number of nitrogens with two attached hydrogens (primary N) is 2. The maximum Gasteiger partial charge on any atom is 0.313 e. The smallest absolute Gasteiger partial charge is 0.313 e. The van der Waals surface area contributed by atoms with E-state index in [0.29, 0.717) is 6.54 Å². The second kappa shape index (κ2) is 11.5. The molecule has 0 aromatic heterocycles. The summed E-state index contributed by atoms with van der Waals surface area (Å²) in [6, 6.07) is 3.11. The van der Waals surface area contributed by atoms with Crippen LogP contribution in [0.3, 0.4) is 0 Å². The maximum atomic E-state index is 13.9. The summed E-state index contributed by atoms with van der Waals surface area (Å²) in [6.07, 6.45) is 2.71. The van der Waals surface area contributed by atoms with Crippen LogP contribution < -0.4 is 16.0 Å². The van der Waals surface area contributed by atoms with Crippen molar-refractivity contribution in [1.82, 2.24) is 10.2 Å². The van der Waals surface area contributed by atoms with Gasteiger partial charge in [-0.2, -0.15) is 11.8 Å². The van der Waals surface area contributed by atoms with Gasteiger partial charge in [-0.1, -0.05) is 6.07 Å².